The maximum Gasteiger partial charge on any atom is 0.281 e. The Bertz CT molecular complexity index is 524. The lowest BCUT2D eigenvalue weighted by molar-refractivity contribution is 0.429. The van der Waals surface area contributed by atoms with Gasteiger partial charge in [0, 0.05) is 18.0 Å². The second-order valence-corrected chi connectivity index (χ2v) is 3.95. The third-order valence-electron chi connectivity index (χ3n) is 1.73. The minimum Gasteiger partial charge on any atom is -0.416 e. The van der Waals surface area contributed by atoms with Crippen molar-refractivity contribution in [3.63, 3.8) is 0 Å². The lowest BCUT2D eigenvalue weighted by atomic mass is 10.3. The molecule has 2 rings (SSSR count). The van der Waals surface area contributed by atoms with Crippen molar-refractivity contribution in [3.8, 4) is 0 Å². The molecule has 16 heavy (non-hydrogen) atoms. The molecule has 0 amide bonds. The molecule has 0 aliphatic carbocycles. The average molecular weight is 235 g/mol. The minimum atomic E-state index is -0.0839. The van der Waals surface area contributed by atoms with Crippen molar-refractivity contribution in [2.75, 3.05) is 0 Å². The van der Waals surface area contributed by atoms with E-state index in [1.54, 1.807) is 25.3 Å². The van der Waals surface area contributed by atoms with Gasteiger partial charge in [-0.1, -0.05) is 0 Å². The van der Waals surface area contributed by atoms with E-state index in [1.807, 2.05) is 0 Å². The number of hydrogen-bond acceptors (Lipinski definition) is 6. The number of pyridine rings is 1. The van der Waals surface area contributed by atoms with Crippen LogP contribution in [0.5, 0.6) is 0 Å². The lowest BCUT2D eigenvalue weighted by Crippen LogP contribution is -2.14. The number of nitrogens with two attached hydrogens (primary N) is 1. The van der Waals surface area contributed by atoms with Crippen molar-refractivity contribution < 1.29 is 4.42 Å². The fraction of sp³-hybridized carbons (Fsp3) is 0.111. The highest BCUT2D eigenvalue weighted by molar-refractivity contribution is 7.99. The molecule has 82 valence electrons. The van der Waals surface area contributed by atoms with Gasteiger partial charge in [-0.2, -0.15) is 0 Å². The van der Waals surface area contributed by atoms with E-state index in [1.165, 1.54) is 11.8 Å². The van der Waals surface area contributed by atoms with Crippen LogP contribution in [0.2, 0.25) is 0 Å². The SMILES string of the molecule is Cc1nnc(Sc2cccnc2C(=N)N)o1. The number of aryl methyl sites for hydroxylation is 1. The number of rotatable bonds is 3. The molecule has 0 aromatic carbocycles. The van der Waals surface area contributed by atoms with Gasteiger partial charge in [0.25, 0.3) is 5.22 Å². The van der Waals surface area contributed by atoms with Crippen molar-refractivity contribution >= 4 is 17.6 Å². The molecule has 3 N–H and O–H groups in total. The number of hydrogen-bond donors (Lipinski definition) is 2. The predicted molar refractivity (Wildman–Crippen MR) is 58.4 cm³/mol. The number of nitrogens with one attached hydrogen (secondary N) is 1. The summed E-state index contributed by atoms with van der Waals surface area (Å²) in [6.07, 6.45) is 1.58. The van der Waals surface area contributed by atoms with Gasteiger partial charge in [0.15, 0.2) is 0 Å². The molecule has 0 aliphatic heterocycles. The maximum atomic E-state index is 7.38. The van der Waals surface area contributed by atoms with Gasteiger partial charge in [-0.25, -0.2) is 0 Å². The summed E-state index contributed by atoms with van der Waals surface area (Å²) in [7, 11) is 0. The third kappa shape index (κ3) is 2.19. The van der Waals surface area contributed by atoms with Crippen LogP contribution in [0.4, 0.5) is 0 Å². The summed E-state index contributed by atoms with van der Waals surface area (Å²) in [5.41, 5.74) is 5.83. The van der Waals surface area contributed by atoms with Gasteiger partial charge in [-0.15, -0.1) is 10.2 Å². The van der Waals surface area contributed by atoms with Crippen LogP contribution in [-0.4, -0.2) is 21.0 Å². The first-order valence-corrected chi connectivity index (χ1v) is 5.26. The van der Waals surface area contributed by atoms with E-state index >= 15 is 0 Å². The second kappa shape index (κ2) is 4.31. The van der Waals surface area contributed by atoms with Crippen LogP contribution in [-0.2, 0) is 0 Å². The standard InChI is InChI=1S/C9H9N5OS/c1-5-13-14-9(15-5)16-6-3-2-4-12-7(6)8(10)11/h2-4H,1H3,(H3,10,11). The van der Waals surface area contributed by atoms with Crippen LogP contribution in [0.25, 0.3) is 0 Å². The molecule has 2 heterocycles. The summed E-state index contributed by atoms with van der Waals surface area (Å²) in [6, 6.07) is 3.56. The monoisotopic (exact) mass is 235 g/mol. The van der Waals surface area contributed by atoms with Crippen LogP contribution < -0.4 is 5.73 Å². The van der Waals surface area contributed by atoms with Gasteiger partial charge in [-0.05, 0) is 23.9 Å². The zero-order valence-corrected chi connectivity index (χ0v) is 9.28. The Kier molecular flexibility index (Phi) is 2.86. The highest BCUT2D eigenvalue weighted by Crippen LogP contribution is 2.27. The van der Waals surface area contributed by atoms with Crippen molar-refractivity contribution in [1.29, 1.82) is 5.41 Å². The molecular formula is C9H9N5OS. The molecule has 0 radical (unpaired) electrons. The van der Waals surface area contributed by atoms with E-state index in [9.17, 15) is 0 Å². The molecule has 2 aromatic rings. The van der Waals surface area contributed by atoms with Gasteiger partial charge in [-0.3, -0.25) is 10.4 Å². The third-order valence-corrected chi connectivity index (χ3v) is 2.62. The van der Waals surface area contributed by atoms with Crippen LogP contribution in [0.3, 0.4) is 0 Å². The Morgan fingerprint density at radius 1 is 1.50 bits per heavy atom. The van der Waals surface area contributed by atoms with Gasteiger partial charge in [0.1, 0.15) is 11.5 Å². The Labute approximate surface area is 95.8 Å². The Hall–Kier alpha value is -1.89. The summed E-state index contributed by atoms with van der Waals surface area (Å²) >= 11 is 1.24. The first kappa shape index (κ1) is 10.6. The molecular weight excluding hydrogens is 226 g/mol. The van der Waals surface area contributed by atoms with Crippen LogP contribution in [0.15, 0.2) is 32.9 Å². The Morgan fingerprint density at radius 2 is 2.31 bits per heavy atom. The fourth-order valence-corrected chi connectivity index (χ4v) is 1.93. The van der Waals surface area contributed by atoms with Crippen molar-refractivity contribution in [2.45, 2.75) is 17.0 Å². The fourth-order valence-electron chi connectivity index (χ4n) is 1.09. The molecule has 0 saturated heterocycles. The van der Waals surface area contributed by atoms with Crippen LogP contribution >= 0.6 is 11.8 Å². The number of aromatic nitrogens is 3. The number of amidine groups is 1. The molecule has 0 fully saturated rings. The first-order chi connectivity index (χ1) is 7.66. The molecule has 0 saturated carbocycles. The molecule has 2 aromatic heterocycles. The van der Waals surface area contributed by atoms with Gasteiger partial charge < -0.3 is 10.2 Å². The topological polar surface area (TPSA) is 102 Å². The van der Waals surface area contributed by atoms with Gasteiger partial charge >= 0.3 is 0 Å². The molecule has 0 bridgehead atoms. The van der Waals surface area contributed by atoms with Crippen LogP contribution in [0, 0.1) is 12.3 Å². The number of nitrogens with zero attached hydrogens (tertiary/aromatic N) is 3. The van der Waals surface area contributed by atoms with E-state index in [2.05, 4.69) is 15.2 Å². The van der Waals surface area contributed by atoms with Crippen LogP contribution in [0.1, 0.15) is 11.6 Å². The smallest absolute Gasteiger partial charge is 0.281 e. The predicted octanol–water partition coefficient (Wildman–Crippen LogP) is 1.21. The van der Waals surface area contributed by atoms with E-state index in [4.69, 9.17) is 15.6 Å². The summed E-state index contributed by atoms with van der Waals surface area (Å²) in [5, 5.41) is 15.4. The quantitative estimate of drug-likeness (QED) is 0.612. The molecule has 0 atom stereocenters. The highest BCUT2D eigenvalue weighted by Gasteiger charge is 2.11. The summed E-state index contributed by atoms with van der Waals surface area (Å²) < 4.78 is 5.22. The van der Waals surface area contributed by atoms with E-state index in [-0.39, 0.29) is 5.84 Å². The second-order valence-electron chi connectivity index (χ2n) is 2.95. The zero-order valence-electron chi connectivity index (χ0n) is 8.47. The average Bonchev–Trinajstić information content (AvgIpc) is 2.64. The van der Waals surface area contributed by atoms with Crippen molar-refractivity contribution in [2.24, 2.45) is 5.73 Å². The van der Waals surface area contributed by atoms with Crippen molar-refractivity contribution in [3.05, 3.63) is 29.9 Å². The first-order valence-electron chi connectivity index (χ1n) is 4.44. The summed E-state index contributed by atoms with van der Waals surface area (Å²) in [6.45, 7) is 1.71. The highest BCUT2D eigenvalue weighted by atomic mass is 32.2. The molecule has 0 aliphatic rings. The summed E-state index contributed by atoms with van der Waals surface area (Å²) in [5.74, 6) is 0.412. The molecule has 7 heteroatoms. The molecule has 0 spiro atoms. The minimum absolute atomic E-state index is 0.0839. The number of nitrogen functional groups attached to an aromatic ring is 1. The molecule has 6 nitrogen and oxygen atoms in total. The van der Waals surface area contributed by atoms with E-state index in [0.717, 1.165) is 4.90 Å². The summed E-state index contributed by atoms with van der Waals surface area (Å²) in [4.78, 5) is 4.74. The van der Waals surface area contributed by atoms with E-state index < -0.39 is 0 Å². The van der Waals surface area contributed by atoms with Gasteiger partial charge in [0.2, 0.25) is 5.89 Å². The van der Waals surface area contributed by atoms with Gasteiger partial charge in [0.05, 0.1) is 0 Å². The maximum absolute atomic E-state index is 7.38. The normalized spacial score (nSPS) is 10.3. The largest absolute Gasteiger partial charge is 0.416 e. The Morgan fingerprint density at radius 3 is 2.94 bits per heavy atom. The Balaban J connectivity index is 2.31. The van der Waals surface area contributed by atoms with Crippen molar-refractivity contribution in [1.82, 2.24) is 15.2 Å². The lowest BCUT2D eigenvalue weighted by Gasteiger charge is -2.02. The van der Waals surface area contributed by atoms with E-state index in [0.29, 0.717) is 16.8 Å². The zero-order chi connectivity index (χ0) is 11.5. The molecule has 0 unspecified atom stereocenters.